The fourth-order valence-corrected chi connectivity index (χ4v) is 18.5. The number of hydrogen-bond donors (Lipinski definition) is 5. The van der Waals surface area contributed by atoms with Crippen molar-refractivity contribution in [1.82, 2.24) is 10.2 Å². The molecule has 29 heteroatoms. The van der Waals surface area contributed by atoms with Gasteiger partial charge in [-0.1, -0.05) is 199 Å². The molecule has 2 amide bonds. The molecule has 0 fully saturated rings. The van der Waals surface area contributed by atoms with E-state index in [1.54, 1.807) is 73.7 Å². The summed E-state index contributed by atoms with van der Waals surface area (Å²) >= 11 is 3.43. The molecule has 0 unspecified atom stereocenters. The number of hydrogen-bond acceptors (Lipinski definition) is 22. The second kappa shape index (κ2) is 59.3. The number of unbranched alkanes of at least 4 members (excludes halogenated alkanes) is 20. The Morgan fingerprint density at radius 2 is 0.922 bits per heavy atom. The van der Waals surface area contributed by atoms with Crippen molar-refractivity contribution >= 4 is 92.5 Å². The van der Waals surface area contributed by atoms with Gasteiger partial charge in [0.1, 0.15) is 30.8 Å². The molecule has 706 valence electrons. The lowest BCUT2D eigenvalue weighted by Crippen LogP contribution is -2.46. The third-order valence-corrected chi connectivity index (χ3v) is 26.4. The number of aryl methyl sites for hydroxylation is 4. The number of aromatic carboxylic acids is 1. The van der Waals surface area contributed by atoms with Gasteiger partial charge >= 0.3 is 17.9 Å². The highest BCUT2D eigenvalue weighted by Crippen LogP contribution is 2.42. The van der Waals surface area contributed by atoms with Crippen LogP contribution in [0.3, 0.4) is 0 Å². The monoisotopic (exact) mass is 1890 g/mol. The highest BCUT2D eigenvalue weighted by Gasteiger charge is 2.37. The summed E-state index contributed by atoms with van der Waals surface area (Å²) in [5.41, 5.74) is 24.2. The van der Waals surface area contributed by atoms with Crippen LogP contribution in [0, 0.1) is 23.2 Å². The molecule has 0 spiro atoms. The Labute approximate surface area is 770 Å². The molecule has 7 rings (SSSR count). The van der Waals surface area contributed by atoms with Crippen molar-refractivity contribution in [3.8, 4) is 28.7 Å². The van der Waals surface area contributed by atoms with Crippen molar-refractivity contribution < 1.29 is 87.7 Å². The summed E-state index contributed by atoms with van der Waals surface area (Å²) in [5, 5.41) is 21.1. The normalized spacial score (nSPS) is 14.1. The topological polar surface area (TPSA) is 413 Å². The molecule has 0 radical (unpaired) electrons. The van der Waals surface area contributed by atoms with Gasteiger partial charge < -0.3 is 51.5 Å². The average Bonchev–Trinajstić information content (AvgIpc) is 0.788. The number of rotatable bonds is 50. The first-order valence-corrected chi connectivity index (χ1v) is 51.8. The summed E-state index contributed by atoms with van der Waals surface area (Å²) < 4.78 is 95.8. The lowest BCUT2D eigenvalue weighted by Gasteiger charge is -2.32. The van der Waals surface area contributed by atoms with Crippen LogP contribution in [-0.2, 0) is 90.3 Å². The molecule has 1 aliphatic heterocycles. The van der Waals surface area contributed by atoms with E-state index in [2.05, 4.69) is 53.7 Å². The largest absolute Gasteiger partial charge is 0.492 e. The Morgan fingerprint density at radius 3 is 1.34 bits per heavy atom. The summed E-state index contributed by atoms with van der Waals surface area (Å²) in [6.45, 7) is 11.0. The Balaban J connectivity index is 0.000000443. The van der Waals surface area contributed by atoms with E-state index in [9.17, 15) is 68.9 Å². The first-order chi connectivity index (χ1) is 61.0. The van der Waals surface area contributed by atoms with Gasteiger partial charge in [0.25, 0.3) is 0 Å². The summed E-state index contributed by atoms with van der Waals surface area (Å²) in [5.74, 6) is -5.90. The molecule has 1 heterocycles. The number of carboxylic acids is 1. The van der Waals surface area contributed by atoms with Crippen LogP contribution in [0.2, 0.25) is 0 Å². The van der Waals surface area contributed by atoms with Crippen molar-refractivity contribution in [3.05, 3.63) is 169 Å². The fraction of sp³-hybridized carbons (Fsp3) is 0.545. The predicted octanol–water partition coefficient (Wildman–Crippen LogP) is 18.2. The standard InChI is InChI=1S/C50H68N6O9S.C17H26O4S.C16H23BrO2.C16H24O4S/c1-5-6-7-8-9-10-12-34-14-17-38(47(30-34)66(4,62)63)43(58)32-37(20-22-52)50(61)56(3)48-36-16-19-46(65-26-24-54)40(31-36)39-28-35(15-18-45(39)64-25-23-53)29-41(42(57)13-11-21-51)55-49(60)33(2)27-44(48)59;1-4-5-6-7-8-9-10-14-11-12-15(17(18)21-2)16(13-14)22(3,19)20;1-3-4-5-6-7-8-9-13-10-11-14(15(17)12-13)16(18)19-2;1-3-4-5-6-7-8-9-13-10-11-14(16(17)18)15(12-13)21(2,19)20/h14-19,28,30-31,33,37,41,48H,5-13,20,22-27,29,32,52-54H2,1-4H3,(H,55,60);11-13H,4-10H2,1-3H3;10-12H,3-9H2,1-2H3;10-12H,3-9H2,1-2H3,(H,17,18)/t33-,37-,41+,48+;;;/m1.../s1. The van der Waals surface area contributed by atoms with Crippen molar-refractivity contribution in [2.24, 2.45) is 29.0 Å². The molecule has 0 saturated heterocycles. The maximum absolute atomic E-state index is 14.8. The van der Waals surface area contributed by atoms with Crippen LogP contribution in [0.5, 0.6) is 11.5 Å². The number of fused-ring (bicyclic) bond motifs is 5. The molecule has 6 aromatic rings. The number of likely N-dealkylation sites (N-methyl/N-ethyl adjacent to an activating group) is 1. The van der Waals surface area contributed by atoms with Crippen LogP contribution < -0.4 is 32.0 Å². The average molecular weight is 1900 g/mol. The third-order valence-electron chi connectivity index (χ3n) is 22.3. The lowest BCUT2D eigenvalue weighted by molar-refractivity contribution is -0.142. The summed E-state index contributed by atoms with van der Waals surface area (Å²) in [6, 6.07) is 30.3. The molecule has 0 aromatic heterocycles. The highest BCUT2D eigenvalue weighted by molar-refractivity contribution is 9.10. The number of carboxylic acid groups (broad SMARTS) is 1. The van der Waals surface area contributed by atoms with E-state index in [0.29, 0.717) is 45.7 Å². The number of carbonyl (C=O) groups is 8. The highest BCUT2D eigenvalue weighted by atomic mass is 79.9. The number of nitriles is 1. The Hall–Kier alpha value is -9.02. The molecule has 4 bridgehead atoms. The van der Waals surface area contributed by atoms with Gasteiger partial charge in [-0.3, -0.25) is 24.0 Å². The van der Waals surface area contributed by atoms with Crippen LogP contribution in [-0.4, -0.2) is 161 Å². The zero-order valence-electron chi connectivity index (χ0n) is 77.3. The molecule has 6 aromatic carbocycles. The zero-order valence-corrected chi connectivity index (χ0v) is 81.3. The predicted molar refractivity (Wildman–Crippen MR) is 508 cm³/mol. The Bertz CT molecular complexity index is 4980. The van der Waals surface area contributed by atoms with Crippen molar-refractivity contribution in [1.29, 1.82) is 5.26 Å². The number of ketones is 3. The Morgan fingerprint density at radius 1 is 0.523 bits per heavy atom. The minimum Gasteiger partial charge on any atom is -0.492 e. The van der Waals surface area contributed by atoms with Gasteiger partial charge in [-0.25, -0.2) is 39.6 Å². The van der Waals surface area contributed by atoms with E-state index in [0.717, 1.165) is 117 Å². The molecular weight excluding hydrogens is 1750 g/mol. The quantitative estimate of drug-likeness (QED) is 0.0134. The smallest absolute Gasteiger partial charge is 0.339 e. The van der Waals surface area contributed by atoms with Gasteiger partial charge in [0.2, 0.25) is 11.8 Å². The second-order valence-corrected chi connectivity index (χ2v) is 39.9. The second-order valence-electron chi connectivity index (χ2n) is 33.1. The van der Waals surface area contributed by atoms with Gasteiger partial charge in [-0.2, -0.15) is 5.26 Å². The number of methoxy groups -OCH3 is 2. The van der Waals surface area contributed by atoms with Gasteiger partial charge in [0.15, 0.2) is 46.9 Å². The number of nitrogens with zero attached hydrogens (tertiary/aromatic N) is 2. The number of sulfone groups is 3. The van der Waals surface area contributed by atoms with Crippen LogP contribution in [0.25, 0.3) is 11.1 Å². The summed E-state index contributed by atoms with van der Waals surface area (Å²) in [4.78, 5) is 106. The number of nitrogens with one attached hydrogen (secondary N) is 1. The van der Waals surface area contributed by atoms with Crippen LogP contribution in [0.4, 0.5) is 0 Å². The van der Waals surface area contributed by atoms with Crippen LogP contribution in [0.1, 0.15) is 302 Å². The van der Waals surface area contributed by atoms with Gasteiger partial charge in [-0.05, 0) is 193 Å². The number of nitrogens with two attached hydrogens (primary N) is 3. The maximum atomic E-state index is 14.8. The van der Waals surface area contributed by atoms with E-state index in [1.807, 2.05) is 30.3 Å². The minimum atomic E-state index is -3.85. The van der Waals surface area contributed by atoms with Gasteiger partial charge in [0, 0.05) is 97.6 Å². The molecule has 4 atom stereocenters. The van der Waals surface area contributed by atoms with Gasteiger partial charge in [0.05, 0.1) is 57.7 Å². The van der Waals surface area contributed by atoms with Crippen molar-refractivity contribution in [3.63, 3.8) is 0 Å². The molecule has 1 aliphatic rings. The van der Waals surface area contributed by atoms with E-state index < -0.39 is 88.8 Å². The number of halogens is 1. The lowest BCUT2D eigenvalue weighted by atomic mass is 9.88. The van der Waals surface area contributed by atoms with E-state index in [4.69, 9.17) is 36.5 Å². The molecule has 8 N–H and O–H groups in total. The van der Waals surface area contributed by atoms with E-state index >= 15 is 0 Å². The summed E-state index contributed by atoms with van der Waals surface area (Å²) in [7, 11) is -6.73. The molecular formula is C99H141BrN6O19S3. The van der Waals surface area contributed by atoms with Crippen molar-refractivity contribution in [2.45, 2.75) is 280 Å². The van der Waals surface area contributed by atoms with Gasteiger partial charge in [-0.15, -0.1) is 0 Å². The van der Waals surface area contributed by atoms with Crippen molar-refractivity contribution in [2.75, 3.05) is 72.9 Å². The minimum absolute atomic E-state index is 0.0109. The first-order valence-electron chi connectivity index (χ1n) is 45.4. The Kier molecular flexibility index (Phi) is 51.6. The number of benzene rings is 6. The number of ether oxygens (including phenoxy) is 4. The van der Waals surface area contributed by atoms with Crippen LogP contribution >= 0.6 is 15.9 Å². The molecule has 25 nitrogen and oxygen atoms in total. The third kappa shape index (κ3) is 38.6. The molecule has 0 aliphatic carbocycles. The number of amides is 2. The van der Waals surface area contributed by atoms with E-state index in [1.165, 1.54) is 146 Å². The first kappa shape index (κ1) is 111. The molecule has 0 saturated carbocycles. The summed E-state index contributed by atoms with van der Waals surface area (Å²) in [6.07, 6.45) is 34.3. The maximum Gasteiger partial charge on any atom is 0.339 e. The fourth-order valence-electron chi connectivity index (χ4n) is 15.2. The molecule has 128 heavy (non-hydrogen) atoms. The number of Topliss-reactive ketones (excluding diaryl/α,β-unsaturated/α-hetero) is 3. The SMILES string of the molecule is CCCCCCCCc1ccc(C(=O)C[C@@H](CCN)C(=O)N(C)[C@@H]2C(=O)C[C@@H](C)C(=O)N[C@H](C(=O)CCC#N)Cc3ccc(OCCN)c(c3)-c3cc2ccc3OCCN)c(S(C)(=O)=O)c1.CCCCCCCCc1ccc(C(=O)O)c(S(C)(=O)=O)c1.CCCCCCCCc1ccc(C(=O)OC)c(Br)c1.CCCCCCCCc1ccc(C(=O)OC)c(S(C)(=O)=O)c1. The van der Waals surface area contributed by atoms with E-state index in [-0.39, 0.29) is 115 Å². The van der Waals surface area contributed by atoms with Crippen LogP contribution in [0.15, 0.2) is 128 Å². The zero-order chi connectivity index (χ0) is 94.9. The number of carbonyl (C=O) groups excluding carboxylic acids is 7. The number of esters is 2.